The first-order valence-corrected chi connectivity index (χ1v) is 8.51. The Balaban J connectivity index is 1.81. The smallest absolute Gasteiger partial charge is 0.135 e. The number of rotatable bonds is 3. The monoisotopic (exact) mass is 327 g/mol. The molecule has 1 saturated heterocycles. The van der Waals surface area contributed by atoms with Crippen LogP contribution < -0.4 is 4.90 Å². The minimum atomic E-state index is 0.613. The lowest BCUT2D eigenvalue weighted by Gasteiger charge is -2.33. The average Bonchev–Trinajstić information content (AvgIpc) is 3.22. The molecule has 0 bridgehead atoms. The van der Waals surface area contributed by atoms with Crippen LogP contribution in [-0.2, 0) is 0 Å². The van der Waals surface area contributed by atoms with Crippen LogP contribution in [0.5, 0.6) is 0 Å². The summed E-state index contributed by atoms with van der Waals surface area (Å²) < 4.78 is 0.931. The second-order valence-corrected chi connectivity index (χ2v) is 7.25. The molecule has 0 spiro atoms. The summed E-state index contributed by atoms with van der Waals surface area (Å²) in [5.41, 5.74) is 0. The third-order valence-corrected chi connectivity index (χ3v) is 5.34. The maximum atomic E-state index is 4.76. The van der Waals surface area contributed by atoms with Crippen LogP contribution in [-0.4, -0.2) is 34.1 Å². The molecule has 1 atom stereocenters. The highest BCUT2D eigenvalue weighted by Crippen LogP contribution is 2.39. The second-order valence-electron chi connectivity index (χ2n) is 5.03. The molecule has 18 heavy (non-hydrogen) atoms. The summed E-state index contributed by atoms with van der Waals surface area (Å²) in [5.74, 6) is 3.96. The Morgan fingerprint density at radius 2 is 2.28 bits per heavy atom. The molecule has 0 radical (unpaired) electrons. The average molecular weight is 328 g/mol. The summed E-state index contributed by atoms with van der Waals surface area (Å²) in [6.45, 7) is 4.50. The Morgan fingerprint density at radius 3 is 3.00 bits per heavy atom. The lowest BCUT2D eigenvalue weighted by molar-refractivity contribution is 0.713. The van der Waals surface area contributed by atoms with Crippen LogP contribution in [0.3, 0.4) is 0 Å². The highest BCUT2D eigenvalue weighted by molar-refractivity contribution is 9.10. The molecule has 0 amide bonds. The zero-order chi connectivity index (χ0) is 12.5. The fourth-order valence-electron chi connectivity index (χ4n) is 2.28. The van der Waals surface area contributed by atoms with Crippen molar-refractivity contribution in [2.75, 3.05) is 23.7 Å². The van der Waals surface area contributed by atoms with Crippen molar-refractivity contribution < 1.29 is 0 Å². The molecule has 1 unspecified atom stereocenters. The topological polar surface area (TPSA) is 29.0 Å². The lowest BCUT2D eigenvalue weighted by atomic mass is 10.3. The molecular weight excluding hydrogens is 310 g/mol. The summed E-state index contributed by atoms with van der Waals surface area (Å²) in [4.78, 5) is 11.7. The number of nitrogens with zero attached hydrogens (tertiary/aromatic N) is 3. The minimum absolute atomic E-state index is 0.613. The lowest BCUT2D eigenvalue weighted by Crippen LogP contribution is -2.38. The maximum Gasteiger partial charge on any atom is 0.135 e. The Labute approximate surface area is 121 Å². The first-order valence-electron chi connectivity index (χ1n) is 6.67. The van der Waals surface area contributed by atoms with Gasteiger partial charge < -0.3 is 4.90 Å². The molecule has 0 aromatic carbocycles. The Hall–Kier alpha value is -0.290. The molecule has 2 heterocycles. The Kier molecular flexibility index (Phi) is 3.80. The van der Waals surface area contributed by atoms with Gasteiger partial charge in [0.2, 0.25) is 0 Å². The van der Waals surface area contributed by atoms with Crippen LogP contribution in [0.1, 0.15) is 37.9 Å². The van der Waals surface area contributed by atoms with Gasteiger partial charge in [0.1, 0.15) is 16.2 Å². The van der Waals surface area contributed by atoms with E-state index in [0.29, 0.717) is 5.92 Å². The SMILES string of the molecule is CCC1CN(c2cc(Br)nc(C3CC3)n2)CCS1. The van der Waals surface area contributed by atoms with E-state index >= 15 is 0 Å². The van der Waals surface area contributed by atoms with Gasteiger partial charge in [-0.05, 0) is 35.2 Å². The molecule has 1 aromatic rings. The fraction of sp³-hybridized carbons (Fsp3) is 0.692. The van der Waals surface area contributed by atoms with E-state index in [1.165, 1.54) is 25.0 Å². The molecule has 0 N–H and O–H groups in total. The van der Waals surface area contributed by atoms with E-state index in [1.807, 2.05) is 0 Å². The van der Waals surface area contributed by atoms with Gasteiger partial charge in [0.15, 0.2) is 0 Å². The Morgan fingerprint density at radius 1 is 1.44 bits per heavy atom. The van der Waals surface area contributed by atoms with Gasteiger partial charge in [-0.1, -0.05) is 6.92 Å². The van der Waals surface area contributed by atoms with E-state index in [1.54, 1.807) is 0 Å². The van der Waals surface area contributed by atoms with Crippen LogP contribution in [0.2, 0.25) is 0 Å². The van der Waals surface area contributed by atoms with Crippen molar-refractivity contribution in [2.24, 2.45) is 0 Å². The summed E-state index contributed by atoms with van der Waals surface area (Å²) in [5, 5.41) is 0.747. The van der Waals surface area contributed by atoms with Gasteiger partial charge in [-0.15, -0.1) is 0 Å². The van der Waals surface area contributed by atoms with E-state index in [0.717, 1.165) is 34.6 Å². The quantitative estimate of drug-likeness (QED) is 0.795. The number of anilines is 1. The van der Waals surface area contributed by atoms with Gasteiger partial charge in [0, 0.05) is 36.1 Å². The molecule has 1 aliphatic heterocycles. The molecule has 1 saturated carbocycles. The standard InChI is InChI=1S/C13H18BrN3S/c1-2-10-8-17(5-6-18-10)12-7-11(14)15-13(16-12)9-3-4-9/h7,9-10H,2-6,8H2,1H3. The Bertz CT molecular complexity index is 436. The number of hydrogen-bond acceptors (Lipinski definition) is 4. The van der Waals surface area contributed by atoms with E-state index in [4.69, 9.17) is 4.98 Å². The first kappa shape index (κ1) is 12.7. The van der Waals surface area contributed by atoms with Crippen LogP contribution in [0, 0.1) is 0 Å². The normalized spacial score (nSPS) is 24.3. The van der Waals surface area contributed by atoms with Crippen molar-refractivity contribution in [1.82, 2.24) is 9.97 Å². The molecule has 3 rings (SSSR count). The van der Waals surface area contributed by atoms with Gasteiger partial charge in [-0.25, -0.2) is 9.97 Å². The summed E-state index contributed by atoms with van der Waals surface area (Å²) in [7, 11) is 0. The summed E-state index contributed by atoms with van der Waals surface area (Å²) in [6.07, 6.45) is 3.75. The molecular formula is C13H18BrN3S. The van der Waals surface area contributed by atoms with E-state index in [-0.39, 0.29) is 0 Å². The van der Waals surface area contributed by atoms with Gasteiger partial charge in [0.25, 0.3) is 0 Å². The fourth-order valence-corrected chi connectivity index (χ4v) is 3.85. The van der Waals surface area contributed by atoms with Crippen molar-refractivity contribution in [2.45, 2.75) is 37.4 Å². The van der Waals surface area contributed by atoms with Gasteiger partial charge in [0.05, 0.1) is 0 Å². The van der Waals surface area contributed by atoms with Crippen molar-refractivity contribution in [3.63, 3.8) is 0 Å². The second kappa shape index (κ2) is 5.37. The zero-order valence-corrected chi connectivity index (χ0v) is 13.0. The van der Waals surface area contributed by atoms with Crippen molar-refractivity contribution in [1.29, 1.82) is 0 Å². The molecule has 5 heteroatoms. The summed E-state index contributed by atoms with van der Waals surface area (Å²) in [6, 6.07) is 2.06. The van der Waals surface area contributed by atoms with Crippen molar-refractivity contribution in [3.8, 4) is 0 Å². The number of thioether (sulfide) groups is 1. The van der Waals surface area contributed by atoms with E-state index in [2.05, 4.69) is 50.6 Å². The van der Waals surface area contributed by atoms with E-state index < -0.39 is 0 Å². The number of hydrogen-bond donors (Lipinski definition) is 0. The predicted octanol–water partition coefficient (Wildman–Crippen LogP) is 3.45. The zero-order valence-electron chi connectivity index (χ0n) is 10.6. The minimum Gasteiger partial charge on any atom is -0.355 e. The molecule has 1 aliphatic carbocycles. The third-order valence-electron chi connectivity index (χ3n) is 3.56. The number of aromatic nitrogens is 2. The van der Waals surface area contributed by atoms with Gasteiger partial charge in [-0.2, -0.15) is 11.8 Å². The van der Waals surface area contributed by atoms with E-state index in [9.17, 15) is 0 Å². The van der Waals surface area contributed by atoms with Crippen LogP contribution in [0.15, 0.2) is 10.7 Å². The van der Waals surface area contributed by atoms with Crippen LogP contribution in [0.4, 0.5) is 5.82 Å². The molecule has 2 aliphatic rings. The first-order chi connectivity index (χ1) is 8.76. The largest absolute Gasteiger partial charge is 0.355 e. The van der Waals surface area contributed by atoms with Crippen LogP contribution in [0.25, 0.3) is 0 Å². The maximum absolute atomic E-state index is 4.76. The predicted molar refractivity (Wildman–Crippen MR) is 80.5 cm³/mol. The number of halogens is 1. The molecule has 2 fully saturated rings. The highest BCUT2D eigenvalue weighted by atomic mass is 79.9. The van der Waals surface area contributed by atoms with Gasteiger partial charge >= 0.3 is 0 Å². The molecule has 3 nitrogen and oxygen atoms in total. The molecule has 1 aromatic heterocycles. The summed E-state index contributed by atoms with van der Waals surface area (Å²) >= 11 is 5.62. The van der Waals surface area contributed by atoms with Crippen molar-refractivity contribution in [3.05, 3.63) is 16.5 Å². The van der Waals surface area contributed by atoms with Crippen LogP contribution >= 0.6 is 27.7 Å². The van der Waals surface area contributed by atoms with Crippen molar-refractivity contribution >= 4 is 33.5 Å². The highest BCUT2D eigenvalue weighted by Gasteiger charge is 2.28. The third kappa shape index (κ3) is 2.82. The van der Waals surface area contributed by atoms with Gasteiger partial charge in [-0.3, -0.25) is 0 Å². The molecule has 98 valence electrons.